The molecule has 6 nitrogen and oxygen atoms in total. The molecule has 0 radical (unpaired) electrons. The van der Waals surface area contributed by atoms with Gasteiger partial charge in [0, 0.05) is 13.1 Å². The summed E-state index contributed by atoms with van der Waals surface area (Å²) in [7, 11) is 0. The van der Waals surface area contributed by atoms with Gasteiger partial charge in [-0.25, -0.2) is 4.39 Å². The Labute approximate surface area is 142 Å². The SMILES string of the molecule is C[C@H](Oc1nc(Cl)c(F)c(N2CCOCC2)n1)c1ccc(F)cn1. The molecule has 1 saturated heterocycles. The highest BCUT2D eigenvalue weighted by Gasteiger charge is 2.22. The van der Waals surface area contributed by atoms with Gasteiger partial charge in [-0.3, -0.25) is 4.98 Å². The second kappa shape index (κ2) is 7.23. The molecule has 0 amide bonds. The first-order valence-corrected chi connectivity index (χ1v) is 7.76. The number of hydrogen-bond donors (Lipinski definition) is 0. The minimum Gasteiger partial charge on any atom is -0.454 e. The zero-order valence-electron chi connectivity index (χ0n) is 12.9. The average Bonchev–Trinajstić information content (AvgIpc) is 2.59. The monoisotopic (exact) mass is 356 g/mol. The van der Waals surface area contributed by atoms with Crippen molar-refractivity contribution in [3.8, 4) is 6.01 Å². The van der Waals surface area contributed by atoms with Crippen LogP contribution in [0.4, 0.5) is 14.6 Å². The van der Waals surface area contributed by atoms with E-state index in [1.165, 1.54) is 12.1 Å². The van der Waals surface area contributed by atoms with Crippen LogP contribution >= 0.6 is 11.6 Å². The molecular weight excluding hydrogens is 342 g/mol. The number of nitrogens with zero attached hydrogens (tertiary/aromatic N) is 4. The van der Waals surface area contributed by atoms with E-state index < -0.39 is 17.7 Å². The third-order valence-corrected chi connectivity index (χ3v) is 3.78. The van der Waals surface area contributed by atoms with Crippen molar-refractivity contribution in [1.29, 1.82) is 0 Å². The van der Waals surface area contributed by atoms with Crippen molar-refractivity contribution in [1.82, 2.24) is 15.0 Å². The van der Waals surface area contributed by atoms with Crippen molar-refractivity contribution in [3.63, 3.8) is 0 Å². The molecule has 0 spiro atoms. The molecule has 1 atom stereocenters. The molecule has 128 valence electrons. The van der Waals surface area contributed by atoms with Crippen molar-refractivity contribution in [2.75, 3.05) is 31.2 Å². The van der Waals surface area contributed by atoms with Gasteiger partial charge >= 0.3 is 6.01 Å². The number of aromatic nitrogens is 3. The minimum absolute atomic E-state index is 0.0680. The second-order valence-electron chi connectivity index (χ2n) is 5.20. The van der Waals surface area contributed by atoms with Gasteiger partial charge in [0.25, 0.3) is 0 Å². The van der Waals surface area contributed by atoms with E-state index in [2.05, 4.69) is 15.0 Å². The Morgan fingerprint density at radius 2 is 2.00 bits per heavy atom. The van der Waals surface area contributed by atoms with Gasteiger partial charge in [-0.05, 0) is 19.1 Å². The highest BCUT2D eigenvalue weighted by molar-refractivity contribution is 6.29. The van der Waals surface area contributed by atoms with E-state index in [1.54, 1.807) is 11.8 Å². The van der Waals surface area contributed by atoms with Crippen molar-refractivity contribution in [2.45, 2.75) is 13.0 Å². The molecule has 24 heavy (non-hydrogen) atoms. The summed E-state index contributed by atoms with van der Waals surface area (Å²) < 4.78 is 38.0. The molecular formula is C15H15ClF2N4O2. The predicted molar refractivity (Wildman–Crippen MR) is 83.3 cm³/mol. The Bertz CT molecular complexity index is 711. The fraction of sp³-hybridized carbons (Fsp3) is 0.400. The summed E-state index contributed by atoms with van der Waals surface area (Å²) in [6.45, 7) is 3.66. The third kappa shape index (κ3) is 3.70. The number of hydrogen-bond acceptors (Lipinski definition) is 6. The zero-order valence-corrected chi connectivity index (χ0v) is 13.6. The van der Waals surface area contributed by atoms with E-state index in [0.717, 1.165) is 6.20 Å². The van der Waals surface area contributed by atoms with Gasteiger partial charge in [0.1, 0.15) is 11.9 Å². The Kier molecular flexibility index (Phi) is 5.06. The fourth-order valence-electron chi connectivity index (χ4n) is 2.27. The molecule has 0 bridgehead atoms. The van der Waals surface area contributed by atoms with Crippen LogP contribution in [0.3, 0.4) is 0 Å². The molecule has 0 aromatic carbocycles. The van der Waals surface area contributed by atoms with Crippen LogP contribution in [0.5, 0.6) is 6.01 Å². The first-order valence-electron chi connectivity index (χ1n) is 7.38. The fourth-order valence-corrected chi connectivity index (χ4v) is 2.43. The van der Waals surface area contributed by atoms with Crippen LogP contribution < -0.4 is 9.64 Å². The lowest BCUT2D eigenvalue weighted by molar-refractivity contribution is 0.121. The predicted octanol–water partition coefficient (Wildman–Crippen LogP) is 2.78. The summed E-state index contributed by atoms with van der Waals surface area (Å²) in [5, 5.41) is -0.319. The first kappa shape index (κ1) is 16.8. The van der Waals surface area contributed by atoms with Gasteiger partial charge in [-0.15, -0.1) is 0 Å². The molecule has 0 saturated carbocycles. The number of pyridine rings is 1. The largest absolute Gasteiger partial charge is 0.454 e. The number of ether oxygens (including phenoxy) is 2. The van der Waals surface area contributed by atoms with Crippen LogP contribution in [-0.4, -0.2) is 41.3 Å². The number of morpholine rings is 1. The summed E-state index contributed by atoms with van der Waals surface area (Å²) in [5.74, 6) is -1.06. The lowest BCUT2D eigenvalue weighted by Gasteiger charge is -2.28. The standard InChI is InChI=1S/C15H15ClF2N4O2/c1-9(11-3-2-10(17)8-19-11)24-15-20-13(16)12(18)14(21-15)22-4-6-23-7-5-22/h2-3,8-9H,4-7H2,1H3/t9-/m0/s1. The van der Waals surface area contributed by atoms with E-state index >= 15 is 0 Å². The average molecular weight is 357 g/mol. The Morgan fingerprint density at radius 1 is 1.25 bits per heavy atom. The quantitative estimate of drug-likeness (QED) is 0.785. The second-order valence-corrected chi connectivity index (χ2v) is 5.55. The summed E-state index contributed by atoms with van der Waals surface area (Å²) in [5.41, 5.74) is 0.494. The Morgan fingerprint density at radius 3 is 2.67 bits per heavy atom. The van der Waals surface area contributed by atoms with Gasteiger partial charge in [-0.1, -0.05) is 11.6 Å². The van der Waals surface area contributed by atoms with Gasteiger partial charge in [-0.2, -0.15) is 14.4 Å². The summed E-state index contributed by atoms with van der Waals surface area (Å²) in [6.07, 6.45) is 0.539. The number of halogens is 3. The van der Waals surface area contributed by atoms with Crippen molar-refractivity contribution < 1.29 is 18.3 Å². The molecule has 2 aromatic heterocycles. The lowest BCUT2D eigenvalue weighted by atomic mass is 10.2. The molecule has 9 heteroatoms. The van der Waals surface area contributed by atoms with Crippen LogP contribution in [0.15, 0.2) is 18.3 Å². The number of rotatable bonds is 4. The summed E-state index contributed by atoms with van der Waals surface area (Å²) in [6, 6.07) is 2.70. The number of anilines is 1. The smallest absolute Gasteiger partial charge is 0.320 e. The summed E-state index contributed by atoms with van der Waals surface area (Å²) in [4.78, 5) is 13.6. The maximum absolute atomic E-state index is 14.2. The molecule has 0 N–H and O–H groups in total. The first-order chi connectivity index (χ1) is 11.5. The molecule has 1 aliphatic rings. The van der Waals surface area contributed by atoms with Crippen molar-refractivity contribution in [3.05, 3.63) is 40.8 Å². The molecule has 1 fully saturated rings. The Balaban J connectivity index is 1.82. The highest BCUT2D eigenvalue weighted by atomic mass is 35.5. The van der Waals surface area contributed by atoms with Gasteiger partial charge in [0.05, 0.1) is 25.1 Å². The molecule has 3 rings (SSSR count). The van der Waals surface area contributed by atoms with Crippen LogP contribution in [0, 0.1) is 11.6 Å². The molecule has 0 unspecified atom stereocenters. The van der Waals surface area contributed by atoms with Crippen LogP contribution in [0.25, 0.3) is 0 Å². The van der Waals surface area contributed by atoms with E-state index in [0.29, 0.717) is 32.0 Å². The summed E-state index contributed by atoms with van der Waals surface area (Å²) >= 11 is 5.86. The van der Waals surface area contributed by atoms with E-state index in [1.807, 2.05) is 0 Å². The topological polar surface area (TPSA) is 60.4 Å². The Hall–Kier alpha value is -2.06. The minimum atomic E-state index is -0.696. The molecule has 1 aliphatic heterocycles. The third-order valence-electron chi connectivity index (χ3n) is 3.53. The van der Waals surface area contributed by atoms with Crippen LogP contribution in [0.2, 0.25) is 5.15 Å². The van der Waals surface area contributed by atoms with E-state index in [9.17, 15) is 8.78 Å². The van der Waals surface area contributed by atoms with Crippen molar-refractivity contribution >= 4 is 17.4 Å². The maximum atomic E-state index is 14.2. The molecule has 2 aromatic rings. The van der Waals surface area contributed by atoms with Crippen LogP contribution in [-0.2, 0) is 4.74 Å². The molecule has 3 heterocycles. The lowest BCUT2D eigenvalue weighted by Crippen LogP contribution is -2.37. The highest BCUT2D eigenvalue weighted by Crippen LogP contribution is 2.27. The van der Waals surface area contributed by atoms with Gasteiger partial charge in [0.15, 0.2) is 11.0 Å². The van der Waals surface area contributed by atoms with Crippen molar-refractivity contribution in [2.24, 2.45) is 0 Å². The normalized spacial score (nSPS) is 16.1. The maximum Gasteiger partial charge on any atom is 0.320 e. The van der Waals surface area contributed by atoms with E-state index in [-0.39, 0.29) is 17.0 Å². The molecule has 0 aliphatic carbocycles. The van der Waals surface area contributed by atoms with Gasteiger partial charge < -0.3 is 14.4 Å². The van der Waals surface area contributed by atoms with E-state index in [4.69, 9.17) is 21.1 Å². The zero-order chi connectivity index (χ0) is 17.1. The van der Waals surface area contributed by atoms with Gasteiger partial charge in [0.2, 0.25) is 5.82 Å². The van der Waals surface area contributed by atoms with Crippen LogP contribution in [0.1, 0.15) is 18.7 Å².